The second kappa shape index (κ2) is 5.98. The van der Waals surface area contributed by atoms with Crippen molar-refractivity contribution in [3.05, 3.63) is 22.4 Å². The summed E-state index contributed by atoms with van der Waals surface area (Å²) in [5, 5.41) is 16.0. The third-order valence-corrected chi connectivity index (χ3v) is 4.77. The van der Waals surface area contributed by atoms with Crippen LogP contribution >= 0.6 is 11.3 Å². The molecule has 0 spiro atoms. The highest BCUT2D eigenvalue weighted by atomic mass is 32.1. The van der Waals surface area contributed by atoms with E-state index in [1.807, 2.05) is 24.4 Å². The molecule has 1 atom stereocenters. The summed E-state index contributed by atoms with van der Waals surface area (Å²) in [5.41, 5.74) is -0.722. The third kappa shape index (κ3) is 3.80. The van der Waals surface area contributed by atoms with Crippen molar-refractivity contribution in [2.24, 2.45) is 0 Å². The lowest BCUT2D eigenvalue weighted by molar-refractivity contribution is 0.0569. The van der Waals surface area contributed by atoms with Gasteiger partial charge in [-0.15, -0.1) is 11.3 Å². The molecule has 0 amide bonds. The highest BCUT2D eigenvalue weighted by molar-refractivity contribution is 7.10. The van der Waals surface area contributed by atoms with Crippen LogP contribution in [0.15, 0.2) is 17.5 Å². The van der Waals surface area contributed by atoms with Gasteiger partial charge >= 0.3 is 0 Å². The van der Waals surface area contributed by atoms with E-state index in [0.717, 1.165) is 4.88 Å². The van der Waals surface area contributed by atoms with E-state index in [0.29, 0.717) is 12.6 Å². The van der Waals surface area contributed by atoms with Crippen molar-refractivity contribution >= 4 is 11.3 Å². The van der Waals surface area contributed by atoms with Crippen molar-refractivity contribution in [2.45, 2.75) is 57.1 Å². The average Bonchev–Trinajstić information content (AvgIpc) is 2.72. The molecule has 1 unspecified atom stereocenters. The number of hydrogen-bond acceptors (Lipinski definition) is 3. The quantitative estimate of drug-likeness (QED) is 0.807. The zero-order valence-corrected chi connectivity index (χ0v) is 11.4. The second-order valence-corrected chi connectivity index (χ2v) is 6.27. The first kappa shape index (κ1) is 13.1. The molecule has 0 bridgehead atoms. The van der Waals surface area contributed by atoms with Crippen LogP contribution in [0, 0.1) is 0 Å². The van der Waals surface area contributed by atoms with Crippen molar-refractivity contribution in [2.75, 3.05) is 6.54 Å². The van der Waals surface area contributed by atoms with Crippen LogP contribution in [0.2, 0.25) is 0 Å². The van der Waals surface area contributed by atoms with Gasteiger partial charge in [-0.3, -0.25) is 0 Å². The topological polar surface area (TPSA) is 32.3 Å². The van der Waals surface area contributed by atoms with Crippen molar-refractivity contribution in [1.29, 1.82) is 0 Å². The Morgan fingerprint density at radius 3 is 2.65 bits per heavy atom. The van der Waals surface area contributed by atoms with E-state index in [1.165, 1.54) is 38.5 Å². The molecule has 1 saturated carbocycles. The van der Waals surface area contributed by atoms with E-state index in [-0.39, 0.29) is 0 Å². The number of thiophene rings is 1. The summed E-state index contributed by atoms with van der Waals surface area (Å²) in [6.07, 6.45) is 7.94. The van der Waals surface area contributed by atoms with Crippen LogP contribution < -0.4 is 5.32 Å². The van der Waals surface area contributed by atoms with Crippen LogP contribution in [0.3, 0.4) is 0 Å². The fourth-order valence-electron chi connectivity index (χ4n) is 2.50. The summed E-state index contributed by atoms with van der Waals surface area (Å²) in [6.45, 7) is 2.57. The molecule has 0 radical (unpaired) electrons. The molecule has 0 saturated heterocycles. The Labute approximate surface area is 108 Å². The van der Waals surface area contributed by atoms with Gasteiger partial charge in [-0.05, 0) is 31.2 Å². The van der Waals surface area contributed by atoms with Crippen LogP contribution in [0.1, 0.15) is 50.3 Å². The Morgan fingerprint density at radius 2 is 2.06 bits per heavy atom. The van der Waals surface area contributed by atoms with E-state index < -0.39 is 5.60 Å². The van der Waals surface area contributed by atoms with E-state index >= 15 is 0 Å². The Morgan fingerprint density at radius 1 is 1.35 bits per heavy atom. The first-order chi connectivity index (χ1) is 8.18. The predicted molar refractivity (Wildman–Crippen MR) is 73.4 cm³/mol. The van der Waals surface area contributed by atoms with Crippen LogP contribution in [0.5, 0.6) is 0 Å². The van der Waals surface area contributed by atoms with Crippen molar-refractivity contribution in [1.82, 2.24) is 5.32 Å². The lowest BCUT2D eigenvalue weighted by Crippen LogP contribution is -2.40. The second-order valence-electron chi connectivity index (χ2n) is 5.32. The fourth-order valence-corrected chi connectivity index (χ4v) is 3.29. The number of rotatable bonds is 4. The molecule has 1 aromatic rings. The van der Waals surface area contributed by atoms with E-state index in [4.69, 9.17) is 0 Å². The molecule has 3 heteroatoms. The average molecular weight is 253 g/mol. The van der Waals surface area contributed by atoms with Crippen LogP contribution in [0.4, 0.5) is 0 Å². The lowest BCUT2D eigenvalue weighted by Gasteiger charge is -2.26. The maximum Gasteiger partial charge on any atom is 0.108 e. The minimum atomic E-state index is -0.722. The van der Waals surface area contributed by atoms with Gasteiger partial charge in [0.2, 0.25) is 0 Å². The molecule has 0 aromatic carbocycles. The largest absolute Gasteiger partial charge is 0.383 e. The normalized spacial score (nSPS) is 22.0. The monoisotopic (exact) mass is 253 g/mol. The minimum absolute atomic E-state index is 0.601. The van der Waals surface area contributed by atoms with Gasteiger partial charge in [-0.1, -0.05) is 31.7 Å². The van der Waals surface area contributed by atoms with Gasteiger partial charge in [0.15, 0.2) is 0 Å². The predicted octanol–water partition coefficient (Wildman–Crippen LogP) is 3.27. The third-order valence-electron chi connectivity index (χ3n) is 3.64. The first-order valence-electron chi connectivity index (χ1n) is 6.68. The van der Waals surface area contributed by atoms with Gasteiger partial charge in [0.05, 0.1) is 0 Å². The van der Waals surface area contributed by atoms with Gasteiger partial charge in [0.1, 0.15) is 5.60 Å². The highest BCUT2D eigenvalue weighted by Crippen LogP contribution is 2.25. The Balaban J connectivity index is 1.84. The van der Waals surface area contributed by atoms with Gasteiger partial charge in [0.25, 0.3) is 0 Å². The van der Waals surface area contributed by atoms with E-state index in [2.05, 4.69) is 5.32 Å². The van der Waals surface area contributed by atoms with Crippen LogP contribution in [-0.2, 0) is 5.60 Å². The fraction of sp³-hybridized carbons (Fsp3) is 0.714. The van der Waals surface area contributed by atoms with Gasteiger partial charge in [0, 0.05) is 17.5 Å². The Hall–Kier alpha value is -0.380. The number of hydrogen-bond donors (Lipinski definition) is 2. The lowest BCUT2D eigenvalue weighted by atomic mass is 10.0. The Bertz CT molecular complexity index is 313. The van der Waals surface area contributed by atoms with Crippen LogP contribution in [0.25, 0.3) is 0 Å². The molecule has 96 valence electrons. The summed E-state index contributed by atoms with van der Waals surface area (Å²) in [6, 6.07) is 4.61. The summed E-state index contributed by atoms with van der Waals surface area (Å²) >= 11 is 1.63. The first-order valence-corrected chi connectivity index (χ1v) is 7.56. The van der Waals surface area contributed by atoms with Gasteiger partial charge in [-0.2, -0.15) is 0 Å². The molecule has 2 nitrogen and oxygen atoms in total. The smallest absolute Gasteiger partial charge is 0.108 e. The zero-order chi connectivity index (χ0) is 12.1. The number of aliphatic hydroxyl groups is 1. The molecule has 1 heterocycles. The maximum atomic E-state index is 10.4. The molecule has 2 N–H and O–H groups in total. The molecule has 0 aliphatic heterocycles. The minimum Gasteiger partial charge on any atom is -0.383 e. The molecular formula is C14H23NOS. The molecule has 1 aliphatic rings. The number of nitrogens with one attached hydrogen (secondary N) is 1. The van der Waals surface area contributed by atoms with Crippen molar-refractivity contribution in [3.8, 4) is 0 Å². The van der Waals surface area contributed by atoms with Crippen LogP contribution in [-0.4, -0.2) is 17.7 Å². The SMILES string of the molecule is CC(O)(CNC1CCCCCC1)c1cccs1. The molecule has 1 aromatic heterocycles. The maximum absolute atomic E-state index is 10.4. The molecule has 2 rings (SSSR count). The molecular weight excluding hydrogens is 230 g/mol. The van der Waals surface area contributed by atoms with Crippen molar-refractivity contribution < 1.29 is 5.11 Å². The Kier molecular flexibility index (Phi) is 4.60. The molecule has 1 fully saturated rings. The van der Waals surface area contributed by atoms with E-state index in [9.17, 15) is 5.11 Å². The zero-order valence-electron chi connectivity index (χ0n) is 10.6. The van der Waals surface area contributed by atoms with Crippen molar-refractivity contribution in [3.63, 3.8) is 0 Å². The summed E-state index contributed by atoms with van der Waals surface area (Å²) < 4.78 is 0. The van der Waals surface area contributed by atoms with Gasteiger partial charge in [-0.25, -0.2) is 0 Å². The van der Waals surface area contributed by atoms with Gasteiger partial charge < -0.3 is 10.4 Å². The summed E-state index contributed by atoms with van der Waals surface area (Å²) in [7, 11) is 0. The summed E-state index contributed by atoms with van der Waals surface area (Å²) in [5.74, 6) is 0. The standard InChI is InChI=1S/C14H23NOS/c1-14(16,13-9-6-10-17-13)11-15-12-7-4-2-3-5-8-12/h6,9-10,12,15-16H,2-5,7-8,11H2,1H3. The molecule has 1 aliphatic carbocycles. The van der Waals surface area contributed by atoms with E-state index in [1.54, 1.807) is 11.3 Å². The molecule has 17 heavy (non-hydrogen) atoms. The summed E-state index contributed by atoms with van der Waals surface area (Å²) in [4.78, 5) is 1.05. The highest BCUT2D eigenvalue weighted by Gasteiger charge is 2.25.